The number of nitrogens with zero attached hydrogens (tertiary/aromatic N) is 2. The second kappa shape index (κ2) is 8.92. The van der Waals surface area contributed by atoms with E-state index in [-0.39, 0.29) is 12.6 Å². The maximum absolute atomic E-state index is 14.3. The lowest BCUT2D eigenvalue weighted by molar-refractivity contribution is 0.173. The molecule has 0 radical (unpaired) electrons. The van der Waals surface area contributed by atoms with Gasteiger partial charge in [0.05, 0.1) is 6.61 Å². The Kier molecular flexibility index (Phi) is 5.91. The number of fused-ring (bicyclic) bond motifs is 1. The van der Waals surface area contributed by atoms with Gasteiger partial charge in [-0.3, -0.25) is 9.88 Å². The van der Waals surface area contributed by atoms with Gasteiger partial charge in [0.2, 0.25) is 6.79 Å². The van der Waals surface area contributed by atoms with E-state index in [1.54, 1.807) is 12.3 Å². The van der Waals surface area contributed by atoms with Crippen LogP contribution >= 0.6 is 0 Å². The van der Waals surface area contributed by atoms with Crippen molar-refractivity contribution in [2.75, 3.05) is 13.4 Å². The quantitative estimate of drug-likeness (QED) is 0.561. The Balaban J connectivity index is 1.63. The molecule has 0 atom stereocenters. The van der Waals surface area contributed by atoms with Crippen LogP contribution in [0.3, 0.4) is 0 Å². The Morgan fingerprint density at radius 2 is 1.79 bits per heavy atom. The molecule has 0 saturated heterocycles. The Bertz CT molecular complexity index is 966. The van der Waals surface area contributed by atoms with Gasteiger partial charge in [-0.05, 0) is 30.7 Å². The van der Waals surface area contributed by atoms with E-state index in [0.717, 1.165) is 16.9 Å². The topological polar surface area (TPSA) is 43.8 Å². The molecule has 6 heteroatoms. The Morgan fingerprint density at radius 3 is 2.55 bits per heavy atom. The highest BCUT2D eigenvalue weighted by molar-refractivity contribution is 5.51. The molecule has 150 valence electrons. The lowest BCUT2D eigenvalue weighted by Gasteiger charge is -2.24. The molecule has 1 aliphatic rings. The first-order chi connectivity index (χ1) is 14.2. The summed E-state index contributed by atoms with van der Waals surface area (Å²) >= 11 is 0. The molecule has 0 bridgehead atoms. The van der Waals surface area contributed by atoms with E-state index in [4.69, 9.17) is 14.2 Å². The highest BCUT2D eigenvalue weighted by Gasteiger charge is 2.20. The maximum Gasteiger partial charge on any atom is 0.231 e. The zero-order valence-electron chi connectivity index (χ0n) is 16.3. The normalized spacial score (nSPS) is 12.4. The molecule has 0 saturated carbocycles. The minimum Gasteiger partial charge on any atom is -0.493 e. The van der Waals surface area contributed by atoms with Gasteiger partial charge in [0, 0.05) is 49.2 Å². The van der Waals surface area contributed by atoms with E-state index in [0.29, 0.717) is 43.3 Å². The smallest absolute Gasteiger partial charge is 0.231 e. The van der Waals surface area contributed by atoms with Gasteiger partial charge in [0.15, 0.2) is 11.5 Å². The van der Waals surface area contributed by atoms with Crippen molar-refractivity contribution in [1.82, 2.24) is 9.88 Å². The third-order valence-corrected chi connectivity index (χ3v) is 4.73. The van der Waals surface area contributed by atoms with Crippen LogP contribution in [-0.2, 0) is 19.6 Å². The van der Waals surface area contributed by atoms with Crippen LogP contribution in [0, 0.1) is 5.82 Å². The summed E-state index contributed by atoms with van der Waals surface area (Å²) in [5.41, 5.74) is 2.67. The van der Waals surface area contributed by atoms with Crippen molar-refractivity contribution in [1.29, 1.82) is 0 Å². The number of rotatable bonds is 8. The molecule has 2 heterocycles. The van der Waals surface area contributed by atoms with Gasteiger partial charge in [-0.1, -0.05) is 24.3 Å². The van der Waals surface area contributed by atoms with Crippen LogP contribution in [0.25, 0.3) is 0 Å². The molecule has 0 spiro atoms. The highest BCUT2D eigenvalue weighted by atomic mass is 19.1. The molecule has 29 heavy (non-hydrogen) atoms. The first kappa shape index (κ1) is 19.2. The van der Waals surface area contributed by atoms with Crippen molar-refractivity contribution in [3.05, 3.63) is 83.4 Å². The average molecular weight is 394 g/mol. The molecule has 0 fully saturated rings. The van der Waals surface area contributed by atoms with Crippen molar-refractivity contribution < 1.29 is 18.6 Å². The van der Waals surface area contributed by atoms with E-state index >= 15 is 0 Å². The molecular weight excluding hydrogens is 371 g/mol. The van der Waals surface area contributed by atoms with Gasteiger partial charge in [0.25, 0.3) is 0 Å². The fourth-order valence-electron chi connectivity index (χ4n) is 3.40. The predicted octanol–water partition coefficient (Wildman–Crippen LogP) is 4.55. The Hall–Kier alpha value is -3.12. The fraction of sp³-hybridized carbons (Fsp3) is 0.261. The zero-order valence-corrected chi connectivity index (χ0v) is 16.3. The molecule has 1 aromatic heterocycles. The molecule has 5 nitrogen and oxygen atoms in total. The second-order valence-corrected chi connectivity index (χ2v) is 6.84. The third-order valence-electron chi connectivity index (χ3n) is 4.73. The summed E-state index contributed by atoms with van der Waals surface area (Å²) < 4.78 is 31.2. The Labute approximate surface area is 169 Å². The molecular formula is C23H23FN2O3. The largest absolute Gasteiger partial charge is 0.493 e. The molecule has 1 aliphatic heterocycles. The van der Waals surface area contributed by atoms with Gasteiger partial charge in [-0.15, -0.1) is 0 Å². The number of pyridine rings is 1. The van der Waals surface area contributed by atoms with Gasteiger partial charge in [-0.25, -0.2) is 4.39 Å². The number of halogens is 1. The monoisotopic (exact) mass is 394 g/mol. The summed E-state index contributed by atoms with van der Waals surface area (Å²) in [4.78, 5) is 6.36. The number of aromatic nitrogens is 1. The number of hydrogen-bond donors (Lipinski definition) is 0. The van der Waals surface area contributed by atoms with Crippen LogP contribution in [0.15, 0.2) is 60.9 Å². The predicted molar refractivity (Wildman–Crippen MR) is 107 cm³/mol. The number of ether oxygens (including phenoxy) is 3. The summed E-state index contributed by atoms with van der Waals surface area (Å²) in [6.45, 7) is 4.35. The number of benzene rings is 2. The van der Waals surface area contributed by atoms with Crippen molar-refractivity contribution in [3.8, 4) is 17.2 Å². The molecule has 0 aliphatic carbocycles. The van der Waals surface area contributed by atoms with Gasteiger partial charge >= 0.3 is 0 Å². The summed E-state index contributed by atoms with van der Waals surface area (Å²) in [5, 5.41) is 0. The molecule has 0 N–H and O–H groups in total. The van der Waals surface area contributed by atoms with Gasteiger partial charge < -0.3 is 14.2 Å². The summed E-state index contributed by atoms with van der Waals surface area (Å²) in [6.07, 6.45) is 3.58. The van der Waals surface area contributed by atoms with E-state index in [2.05, 4.69) is 9.88 Å². The fourth-order valence-corrected chi connectivity index (χ4v) is 3.40. The molecule has 0 amide bonds. The van der Waals surface area contributed by atoms with Crippen molar-refractivity contribution in [2.24, 2.45) is 0 Å². The van der Waals surface area contributed by atoms with Gasteiger partial charge in [-0.2, -0.15) is 0 Å². The zero-order chi connectivity index (χ0) is 20.1. The molecule has 4 rings (SSSR count). The van der Waals surface area contributed by atoms with Crippen LogP contribution in [0.2, 0.25) is 0 Å². The average Bonchev–Trinajstić information content (AvgIpc) is 3.18. The van der Waals surface area contributed by atoms with Crippen molar-refractivity contribution in [2.45, 2.75) is 26.6 Å². The molecule has 3 aromatic rings. The summed E-state index contributed by atoms with van der Waals surface area (Å²) in [6, 6.07) is 14.6. The third kappa shape index (κ3) is 4.66. The van der Waals surface area contributed by atoms with Crippen LogP contribution < -0.4 is 14.2 Å². The van der Waals surface area contributed by atoms with E-state index in [1.165, 1.54) is 6.07 Å². The second-order valence-electron chi connectivity index (χ2n) is 6.84. The summed E-state index contributed by atoms with van der Waals surface area (Å²) in [5.74, 6) is 1.93. The van der Waals surface area contributed by atoms with E-state index in [1.807, 2.05) is 49.5 Å². The highest BCUT2D eigenvalue weighted by Crippen LogP contribution is 2.39. The van der Waals surface area contributed by atoms with Crippen LogP contribution in [-0.4, -0.2) is 23.3 Å². The summed E-state index contributed by atoms with van der Waals surface area (Å²) in [7, 11) is 0. The number of hydrogen-bond acceptors (Lipinski definition) is 5. The van der Waals surface area contributed by atoms with Gasteiger partial charge in [0.1, 0.15) is 11.6 Å². The van der Waals surface area contributed by atoms with E-state index < -0.39 is 0 Å². The van der Waals surface area contributed by atoms with E-state index in [9.17, 15) is 4.39 Å². The van der Waals surface area contributed by atoms with Crippen molar-refractivity contribution in [3.63, 3.8) is 0 Å². The maximum atomic E-state index is 14.3. The molecule has 2 aromatic carbocycles. The Morgan fingerprint density at radius 1 is 1.00 bits per heavy atom. The standard InChI is InChI=1S/C23H23FN2O3/c1-2-27-21-11-23-22(28-16-29-23)10-19(21)15-26(13-17-6-5-9-25-12-17)14-18-7-3-4-8-20(18)24/h3-12H,2,13-16H2,1H3. The minimum absolute atomic E-state index is 0.207. The first-order valence-corrected chi connectivity index (χ1v) is 9.63. The minimum atomic E-state index is -0.209. The van der Waals surface area contributed by atoms with Crippen LogP contribution in [0.5, 0.6) is 17.2 Å². The molecule has 0 unspecified atom stereocenters. The first-order valence-electron chi connectivity index (χ1n) is 9.63. The van der Waals surface area contributed by atoms with Crippen molar-refractivity contribution >= 4 is 0 Å². The lowest BCUT2D eigenvalue weighted by atomic mass is 10.1. The lowest BCUT2D eigenvalue weighted by Crippen LogP contribution is -2.23. The SMILES string of the molecule is CCOc1cc2c(cc1CN(Cc1cccnc1)Cc1ccccc1F)OCO2. The van der Waals surface area contributed by atoms with Crippen LogP contribution in [0.1, 0.15) is 23.6 Å². The van der Waals surface area contributed by atoms with Crippen LogP contribution in [0.4, 0.5) is 4.39 Å².